The van der Waals surface area contributed by atoms with Gasteiger partial charge in [0.15, 0.2) is 24.8 Å². The van der Waals surface area contributed by atoms with Crippen LogP contribution in [0.4, 0.5) is 0 Å². The van der Waals surface area contributed by atoms with Crippen LogP contribution >= 0.6 is 0 Å². The van der Waals surface area contributed by atoms with Crippen molar-refractivity contribution in [1.29, 1.82) is 0 Å². The zero-order chi connectivity index (χ0) is 10.5. The maximum atomic E-state index is 4.07. The lowest BCUT2D eigenvalue weighted by molar-refractivity contribution is -0.686. The summed E-state index contributed by atoms with van der Waals surface area (Å²) in [6.07, 6.45) is 8.78. The second-order valence-electron chi connectivity index (χ2n) is 3.03. The van der Waals surface area contributed by atoms with Gasteiger partial charge in [0.1, 0.15) is 12.7 Å². The Labute approximate surface area is 88.0 Å². The molecular weight excluding hydrogens is 188 g/mol. The van der Waals surface area contributed by atoms with Gasteiger partial charge in [0, 0.05) is 17.7 Å². The van der Waals surface area contributed by atoms with Crippen LogP contribution in [0.25, 0.3) is 11.4 Å². The predicted octanol–water partition coefficient (Wildman–Crippen LogP) is 1.01. The highest BCUT2D eigenvalue weighted by Gasteiger charge is 2.02. The molecule has 0 bridgehead atoms. The standard InChI is InChI=1S/C11H11N4/c1-2-5-15-6-3-10(4-7-15)11-13-8-12-9-14-11/h2-4,6-9H,1,5H2/q+1. The van der Waals surface area contributed by atoms with Crippen molar-refractivity contribution < 1.29 is 4.57 Å². The highest BCUT2D eigenvalue weighted by Crippen LogP contribution is 2.09. The van der Waals surface area contributed by atoms with E-state index in [4.69, 9.17) is 0 Å². The third-order valence-corrected chi connectivity index (χ3v) is 1.98. The van der Waals surface area contributed by atoms with Crippen LogP contribution in [0.2, 0.25) is 0 Å². The molecule has 2 aromatic heterocycles. The van der Waals surface area contributed by atoms with Crippen LogP contribution in [0.1, 0.15) is 0 Å². The number of pyridine rings is 1. The van der Waals surface area contributed by atoms with Crippen LogP contribution in [-0.2, 0) is 6.54 Å². The lowest BCUT2D eigenvalue weighted by Gasteiger charge is -1.96. The van der Waals surface area contributed by atoms with Crippen molar-refractivity contribution in [2.75, 3.05) is 0 Å². The second-order valence-corrected chi connectivity index (χ2v) is 3.03. The molecule has 0 amide bonds. The van der Waals surface area contributed by atoms with Crippen molar-refractivity contribution in [3.05, 3.63) is 49.8 Å². The molecule has 0 unspecified atom stereocenters. The number of aromatic nitrogens is 4. The largest absolute Gasteiger partial charge is 0.225 e. The van der Waals surface area contributed by atoms with E-state index in [0.717, 1.165) is 12.1 Å². The Morgan fingerprint density at radius 3 is 2.47 bits per heavy atom. The molecule has 0 saturated heterocycles. The first-order valence-corrected chi connectivity index (χ1v) is 4.62. The summed E-state index contributed by atoms with van der Waals surface area (Å²) in [6, 6.07) is 3.94. The van der Waals surface area contributed by atoms with E-state index in [9.17, 15) is 0 Å². The summed E-state index contributed by atoms with van der Waals surface area (Å²) in [7, 11) is 0. The van der Waals surface area contributed by atoms with Gasteiger partial charge < -0.3 is 0 Å². The quantitative estimate of drug-likeness (QED) is 0.547. The highest BCUT2D eigenvalue weighted by molar-refractivity contribution is 5.51. The van der Waals surface area contributed by atoms with E-state index in [1.807, 2.05) is 35.2 Å². The molecule has 15 heavy (non-hydrogen) atoms. The van der Waals surface area contributed by atoms with Crippen molar-refractivity contribution in [1.82, 2.24) is 15.0 Å². The Hall–Kier alpha value is -2.10. The molecule has 0 spiro atoms. The molecule has 0 N–H and O–H groups in total. The molecule has 0 aliphatic carbocycles. The Morgan fingerprint density at radius 2 is 1.87 bits per heavy atom. The van der Waals surface area contributed by atoms with E-state index in [1.54, 1.807) is 0 Å². The summed E-state index contributed by atoms with van der Waals surface area (Å²) < 4.78 is 2.03. The average molecular weight is 199 g/mol. The maximum Gasteiger partial charge on any atom is 0.169 e. The van der Waals surface area contributed by atoms with E-state index in [0.29, 0.717) is 5.82 Å². The van der Waals surface area contributed by atoms with Gasteiger partial charge in [0.05, 0.1) is 0 Å². The van der Waals surface area contributed by atoms with Crippen molar-refractivity contribution in [3.63, 3.8) is 0 Å². The molecule has 2 rings (SSSR count). The van der Waals surface area contributed by atoms with E-state index in [-0.39, 0.29) is 0 Å². The molecule has 74 valence electrons. The third-order valence-electron chi connectivity index (χ3n) is 1.98. The summed E-state index contributed by atoms with van der Waals surface area (Å²) in [5.74, 6) is 0.691. The first-order chi connectivity index (χ1) is 7.40. The summed E-state index contributed by atoms with van der Waals surface area (Å²) in [5.41, 5.74) is 0.984. The lowest BCUT2D eigenvalue weighted by Crippen LogP contribution is -2.31. The minimum atomic E-state index is 0.691. The topological polar surface area (TPSA) is 42.5 Å². The SMILES string of the molecule is C=CC[n+]1ccc(-c2ncncn2)cc1. The van der Waals surface area contributed by atoms with Crippen LogP contribution < -0.4 is 4.57 Å². The van der Waals surface area contributed by atoms with Gasteiger partial charge in [0.25, 0.3) is 0 Å². The normalized spacial score (nSPS) is 9.87. The maximum absolute atomic E-state index is 4.07. The Bertz CT molecular complexity index is 436. The van der Waals surface area contributed by atoms with Crippen molar-refractivity contribution in [2.24, 2.45) is 0 Å². The van der Waals surface area contributed by atoms with E-state index >= 15 is 0 Å². The first-order valence-electron chi connectivity index (χ1n) is 4.62. The van der Waals surface area contributed by atoms with Crippen LogP contribution in [0.3, 0.4) is 0 Å². The van der Waals surface area contributed by atoms with Gasteiger partial charge in [-0.3, -0.25) is 0 Å². The van der Waals surface area contributed by atoms with Gasteiger partial charge in [-0.1, -0.05) is 6.58 Å². The van der Waals surface area contributed by atoms with E-state index in [1.165, 1.54) is 12.7 Å². The van der Waals surface area contributed by atoms with Gasteiger partial charge in [-0.25, -0.2) is 19.5 Å². The van der Waals surface area contributed by atoms with Crippen LogP contribution in [0.15, 0.2) is 49.8 Å². The van der Waals surface area contributed by atoms with E-state index < -0.39 is 0 Å². The summed E-state index contributed by atoms with van der Waals surface area (Å²) in [4.78, 5) is 11.9. The average Bonchev–Trinajstić information content (AvgIpc) is 2.32. The van der Waals surface area contributed by atoms with Crippen molar-refractivity contribution in [3.8, 4) is 11.4 Å². The Balaban J connectivity index is 2.28. The zero-order valence-corrected chi connectivity index (χ0v) is 8.24. The van der Waals surface area contributed by atoms with Gasteiger partial charge >= 0.3 is 0 Å². The predicted molar refractivity (Wildman–Crippen MR) is 55.7 cm³/mol. The first kappa shape index (κ1) is 9.45. The molecule has 4 nitrogen and oxygen atoms in total. The molecule has 2 heterocycles. The number of hydrogen-bond acceptors (Lipinski definition) is 3. The molecule has 0 fully saturated rings. The molecule has 0 aliphatic heterocycles. The molecule has 0 atom stereocenters. The fourth-order valence-electron chi connectivity index (χ4n) is 1.27. The monoisotopic (exact) mass is 199 g/mol. The van der Waals surface area contributed by atoms with Crippen LogP contribution in [0.5, 0.6) is 0 Å². The fraction of sp³-hybridized carbons (Fsp3) is 0.0909. The minimum absolute atomic E-state index is 0.691. The smallest absolute Gasteiger partial charge is 0.169 e. The van der Waals surface area contributed by atoms with E-state index in [2.05, 4.69) is 21.5 Å². The van der Waals surface area contributed by atoms with Crippen molar-refractivity contribution in [2.45, 2.75) is 6.54 Å². The molecule has 0 aromatic carbocycles. The fourth-order valence-corrected chi connectivity index (χ4v) is 1.27. The number of allylic oxidation sites excluding steroid dienone is 1. The summed E-state index contributed by atoms with van der Waals surface area (Å²) in [6.45, 7) is 4.49. The summed E-state index contributed by atoms with van der Waals surface area (Å²) in [5, 5.41) is 0. The molecular formula is C11H11N4+. The van der Waals surface area contributed by atoms with Gasteiger partial charge in [-0.05, 0) is 6.08 Å². The second kappa shape index (κ2) is 4.41. The Morgan fingerprint density at radius 1 is 1.20 bits per heavy atom. The number of nitrogens with zero attached hydrogens (tertiary/aromatic N) is 4. The van der Waals surface area contributed by atoms with Crippen LogP contribution in [-0.4, -0.2) is 15.0 Å². The van der Waals surface area contributed by atoms with Gasteiger partial charge in [-0.15, -0.1) is 0 Å². The van der Waals surface area contributed by atoms with Gasteiger partial charge in [0.2, 0.25) is 0 Å². The highest BCUT2D eigenvalue weighted by atomic mass is 15.0. The molecule has 4 heteroatoms. The third kappa shape index (κ3) is 2.22. The number of rotatable bonds is 3. The molecule has 0 radical (unpaired) electrons. The molecule has 0 aliphatic rings. The van der Waals surface area contributed by atoms with Gasteiger partial charge in [-0.2, -0.15) is 0 Å². The molecule has 0 saturated carbocycles. The van der Waals surface area contributed by atoms with Crippen LogP contribution in [0, 0.1) is 0 Å². The number of hydrogen-bond donors (Lipinski definition) is 0. The minimum Gasteiger partial charge on any atom is -0.225 e. The molecule has 2 aromatic rings. The zero-order valence-electron chi connectivity index (χ0n) is 8.24. The van der Waals surface area contributed by atoms with Crippen molar-refractivity contribution >= 4 is 0 Å². The lowest BCUT2D eigenvalue weighted by atomic mass is 10.2. The Kier molecular flexibility index (Phi) is 2.78. The summed E-state index contributed by atoms with van der Waals surface area (Å²) >= 11 is 0.